The summed E-state index contributed by atoms with van der Waals surface area (Å²) in [5.41, 5.74) is 1.20. The zero-order valence-electron chi connectivity index (χ0n) is 9.45. The van der Waals surface area contributed by atoms with Crippen LogP contribution in [-0.2, 0) is 0 Å². The summed E-state index contributed by atoms with van der Waals surface area (Å²) in [5, 5.41) is 3.86. The Morgan fingerprint density at radius 1 is 1.41 bits per heavy atom. The van der Waals surface area contributed by atoms with E-state index in [4.69, 9.17) is 16.3 Å². The number of hydrogen-bond donors (Lipinski definition) is 1. The number of nitrogens with one attached hydrogen (secondary N) is 1. The molecule has 1 heterocycles. The van der Waals surface area contributed by atoms with Crippen molar-refractivity contribution in [3.63, 3.8) is 0 Å². The van der Waals surface area contributed by atoms with E-state index in [2.05, 4.69) is 10.3 Å². The summed E-state index contributed by atoms with van der Waals surface area (Å²) in [6.07, 6.45) is 1.55. The average molecular weight is 251 g/mol. The predicted octanol–water partition coefficient (Wildman–Crippen LogP) is 2.26. The number of methoxy groups -OCH3 is 1. The molecule has 0 spiro atoms. The molecule has 1 aromatic carbocycles. The Labute approximate surface area is 104 Å². The van der Waals surface area contributed by atoms with Gasteiger partial charge in [-0.2, -0.15) is 0 Å². The van der Waals surface area contributed by atoms with Crippen LogP contribution in [0.5, 0.6) is 5.75 Å². The summed E-state index contributed by atoms with van der Waals surface area (Å²) in [4.78, 5) is 15.8. The number of fused-ring (bicyclic) bond motifs is 1. The second-order valence-corrected chi connectivity index (χ2v) is 3.92. The smallest absolute Gasteiger partial charge is 0.251 e. The first-order valence-electron chi connectivity index (χ1n) is 5.01. The fourth-order valence-corrected chi connectivity index (χ4v) is 1.79. The summed E-state index contributed by atoms with van der Waals surface area (Å²) in [6, 6.07) is 5.14. The Morgan fingerprint density at radius 3 is 2.82 bits per heavy atom. The van der Waals surface area contributed by atoms with Crippen molar-refractivity contribution in [1.82, 2.24) is 10.3 Å². The number of pyridine rings is 1. The second-order valence-electron chi connectivity index (χ2n) is 3.48. The quantitative estimate of drug-likeness (QED) is 0.890. The van der Waals surface area contributed by atoms with Crippen molar-refractivity contribution in [3.8, 4) is 5.75 Å². The van der Waals surface area contributed by atoms with Gasteiger partial charge in [0.25, 0.3) is 5.91 Å². The van der Waals surface area contributed by atoms with Crippen LogP contribution in [-0.4, -0.2) is 25.0 Å². The van der Waals surface area contributed by atoms with Crippen molar-refractivity contribution in [1.29, 1.82) is 0 Å². The third kappa shape index (κ3) is 2.17. The lowest BCUT2D eigenvalue weighted by Gasteiger charge is -2.08. The Morgan fingerprint density at radius 2 is 2.18 bits per heavy atom. The van der Waals surface area contributed by atoms with Crippen molar-refractivity contribution >= 4 is 28.4 Å². The molecule has 2 rings (SSSR count). The molecule has 88 valence electrons. The van der Waals surface area contributed by atoms with E-state index in [1.807, 2.05) is 0 Å². The van der Waals surface area contributed by atoms with Crippen LogP contribution in [0.2, 0.25) is 5.02 Å². The molecule has 0 aliphatic carbocycles. The average Bonchev–Trinajstić information content (AvgIpc) is 2.35. The monoisotopic (exact) mass is 250 g/mol. The molecule has 0 saturated carbocycles. The largest absolute Gasteiger partial charge is 0.494 e. The maximum Gasteiger partial charge on any atom is 0.251 e. The number of halogens is 1. The Balaban J connectivity index is 2.71. The summed E-state index contributed by atoms with van der Waals surface area (Å²) in [6.45, 7) is 0. The van der Waals surface area contributed by atoms with Crippen LogP contribution in [0.1, 0.15) is 10.4 Å². The normalized spacial score (nSPS) is 10.3. The molecule has 1 amide bonds. The van der Waals surface area contributed by atoms with E-state index < -0.39 is 0 Å². The molecule has 17 heavy (non-hydrogen) atoms. The zero-order valence-corrected chi connectivity index (χ0v) is 10.2. The van der Waals surface area contributed by atoms with Gasteiger partial charge in [-0.05, 0) is 18.2 Å². The second kappa shape index (κ2) is 4.59. The number of carbonyl (C=O) groups is 1. The fourth-order valence-electron chi connectivity index (χ4n) is 1.62. The number of amides is 1. The highest BCUT2D eigenvalue weighted by Gasteiger charge is 2.10. The number of nitrogens with zero attached hydrogens (tertiary/aromatic N) is 1. The number of ether oxygens (including phenoxy) is 1. The molecule has 1 aromatic heterocycles. The fraction of sp³-hybridized carbons (Fsp3) is 0.167. The number of carbonyl (C=O) groups excluding carboxylic acids is 1. The van der Waals surface area contributed by atoms with Crippen molar-refractivity contribution in [2.75, 3.05) is 14.2 Å². The molecule has 0 bridgehead atoms. The summed E-state index contributed by atoms with van der Waals surface area (Å²) >= 11 is 5.88. The third-order valence-corrected chi connectivity index (χ3v) is 2.63. The van der Waals surface area contributed by atoms with Crippen LogP contribution >= 0.6 is 11.6 Å². The SMILES string of the molecule is CNC(=O)c1cc(OC)c2ncc(Cl)cc2c1. The van der Waals surface area contributed by atoms with E-state index >= 15 is 0 Å². The lowest BCUT2D eigenvalue weighted by Crippen LogP contribution is -2.17. The Bertz CT molecular complexity index is 584. The van der Waals surface area contributed by atoms with Gasteiger partial charge in [0.2, 0.25) is 0 Å². The van der Waals surface area contributed by atoms with Crippen molar-refractivity contribution < 1.29 is 9.53 Å². The van der Waals surface area contributed by atoms with Crippen LogP contribution in [0.3, 0.4) is 0 Å². The van der Waals surface area contributed by atoms with E-state index in [0.717, 1.165) is 5.39 Å². The van der Waals surface area contributed by atoms with Crippen LogP contribution in [0.4, 0.5) is 0 Å². The van der Waals surface area contributed by atoms with E-state index in [1.54, 1.807) is 38.6 Å². The van der Waals surface area contributed by atoms with E-state index in [1.165, 1.54) is 0 Å². The van der Waals surface area contributed by atoms with Crippen LogP contribution in [0, 0.1) is 0 Å². The van der Waals surface area contributed by atoms with Crippen LogP contribution in [0.25, 0.3) is 10.9 Å². The van der Waals surface area contributed by atoms with Crippen LogP contribution in [0.15, 0.2) is 24.4 Å². The lowest BCUT2D eigenvalue weighted by molar-refractivity contribution is 0.0963. The molecular weight excluding hydrogens is 240 g/mol. The molecule has 0 aliphatic heterocycles. The molecule has 0 fully saturated rings. The molecular formula is C12H11ClN2O2. The van der Waals surface area contributed by atoms with Crippen molar-refractivity contribution in [2.24, 2.45) is 0 Å². The molecule has 2 aromatic rings. The van der Waals surface area contributed by atoms with Crippen molar-refractivity contribution in [2.45, 2.75) is 0 Å². The zero-order chi connectivity index (χ0) is 12.4. The molecule has 0 saturated heterocycles. The van der Waals surface area contributed by atoms with Crippen LogP contribution < -0.4 is 10.1 Å². The van der Waals surface area contributed by atoms with Gasteiger partial charge in [0, 0.05) is 24.2 Å². The van der Waals surface area contributed by atoms with E-state index in [0.29, 0.717) is 21.9 Å². The maximum absolute atomic E-state index is 11.6. The summed E-state index contributed by atoms with van der Waals surface area (Å²) < 4.78 is 5.22. The van der Waals surface area contributed by atoms with E-state index in [-0.39, 0.29) is 5.91 Å². The number of aromatic nitrogens is 1. The molecule has 0 aliphatic rings. The van der Waals surface area contributed by atoms with Gasteiger partial charge in [-0.3, -0.25) is 9.78 Å². The lowest BCUT2D eigenvalue weighted by atomic mass is 10.1. The number of benzene rings is 1. The molecule has 0 radical (unpaired) electrons. The van der Waals surface area contributed by atoms with Gasteiger partial charge >= 0.3 is 0 Å². The molecule has 5 heteroatoms. The topological polar surface area (TPSA) is 51.2 Å². The minimum absolute atomic E-state index is 0.176. The van der Waals surface area contributed by atoms with Gasteiger partial charge in [-0.1, -0.05) is 11.6 Å². The van der Waals surface area contributed by atoms with Gasteiger partial charge in [0.05, 0.1) is 12.1 Å². The van der Waals surface area contributed by atoms with E-state index in [9.17, 15) is 4.79 Å². The summed E-state index contributed by atoms with van der Waals surface area (Å²) in [7, 11) is 3.12. The third-order valence-electron chi connectivity index (χ3n) is 2.42. The Kier molecular flexibility index (Phi) is 3.15. The maximum atomic E-state index is 11.6. The highest BCUT2D eigenvalue weighted by Crippen LogP contribution is 2.27. The molecule has 0 unspecified atom stereocenters. The minimum atomic E-state index is -0.176. The van der Waals surface area contributed by atoms with Gasteiger partial charge in [-0.25, -0.2) is 0 Å². The first-order valence-corrected chi connectivity index (χ1v) is 5.39. The Hall–Kier alpha value is -1.81. The first-order chi connectivity index (χ1) is 8.15. The molecule has 4 nitrogen and oxygen atoms in total. The highest BCUT2D eigenvalue weighted by atomic mass is 35.5. The number of rotatable bonds is 2. The summed E-state index contributed by atoms with van der Waals surface area (Å²) in [5.74, 6) is 0.378. The molecule has 1 N–H and O–H groups in total. The van der Waals surface area contributed by atoms with Gasteiger partial charge in [-0.15, -0.1) is 0 Å². The van der Waals surface area contributed by atoms with Gasteiger partial charge < -0.3 is 10.1 Å². The van der Waals surface area contributed by atoms with Gasteiger partial charge in [0.1, 0.15) is 11.3 Å². The predicted molar refractivity (Wildman–Crippen MR) is 66.7 cm³/mol. The highest BCUT2D eigenvalue weighted by molar-refractivity contribution is 6.31. The minimum Gasteiger partial charge on any atom is -0.494 e. The standard InChI is InChI=1S/C12H11ClN2O2/c1-14-12(16)8-3-7-4-9(13)6-15-11(7)10(5-8)17-2/h3-6H,1-2H3,(H,14,16). The number of hydrogen-bond acceptors (Lipinski definition) is 3. The van der Waals surface area contributed by atoms with Crippen molar-refractivity contribution in [3.05, 3.63) is 35.0 Å². The van der Waals surface area contributed by atoms with Gasteiger partial charge in [0.15, 0.2) is 0 Å². The first kappa shape index (κ1) is 11.7. The molecule has 0 atom stereocenters.